The van der Waals surface area contributed by atoms with Crippen molar-refractivity contribution in [2.45, 2.75) is 38.1 Å². The highest BCUT2D eigenvalue weighted by atomic mass is 19.1. The van der Waals surface area contributed by atoms with Gasteiger partial charge in [-0.25, -0.2) is 4.39 Å². The number of nitrogens with zero attached hydrogens (tertiary/aromatic N) is 2. The van der Waals surface area contributed by atoms with Gasteiger partial charge in [0.15, 0.2) is 11.6 Å². The number of halogens is 1. The second-order valence-corrected chi connectivity index (χ2v) is 5.79. The van der Waals surface area contributed by atoms with Crippen LogP contribution in [0.25, 0.3) is 0 Å². The summed E-state index contributed by atoms with van der Waals surface area (Å²) in [5, 5.41) is 0. The molecular formula is C15H21FN2O. The lowest BCUT2D eigenvalue weighted by molar-refractivity contribution is 0.0509. The molecule has 0 unspecified atom stereocenters. The van der Waals surface area contributed by atoms with Gasteiger partial charge in [0.05, 0.1) is 17.3 Å². The lowest BCUT2D eigenvalue weighted by Crippen LogP contribution is -2.53. The van der Waals surface area contributed by atoms with Crippen LogP contribution in [0.15, 0.2) is 18.5 Å². The minimum Gasteiger partial charge on any atom is -0.297 e. The summed E-state index contributed by atoms with van der Waals surface area (Å²) in [5.41, 5.74) is -0.396. The number of ketones is 1. The first-order chi connectivity index (χ1) is 8.97. The molecule has 1 heterocycles. The third-order valence-corrected chi connectivity index (χ3v) is 4.40. The van der Waals surface area contributed by atoms with Crippen molar-refractivity contribution in [3.63, 3.8) is 0 Å². The van der Waals surface area contributed by atoms with Crippen LogP contribution in [0.5, 0.6) is 0 Å². The van der Waals surface area contributed by atoms with Crippen molar-refractivity contribution in [2.24, 2.45) is 5.92 Å². The number of Topliss-reactive ketones (excluding diaryl/α,β-unsaturated/α-hetero) is 1. The van der Waals surface area contributed by atoms with Crippen LogP contribution < -0.4 is 0 Å². The van der Waals surface area contributed by atoms with Gasteiger partial charge in [0.2, 0.25) is 0 Å². The highest BCUT2D eigenvalue weighted by Gasteiger charge is 2.43. The summed E-state index contributed by atoms with van der Waals surface area (Å²) in [6.07, 6.45) is 6.20. The molecule has 4 heteroatoms. The molecule has 1 fully saturated rings. The number of carbonyl (C=O) groups excluding carboxylic acids is 1. The zero-order valence-corrected chi connectivity index (χ0v) is 11.8. The molecule has 1 aromatic heterocycles. The van der Waals surface area contributed by atoms with Gasteiger partial charge in [-0.05, 0) is 51.8 Å². The largest absolute Gasteiger partial charge is 0.297 e. The summed E-state index contributed by atoms with van der Waals surface area (Å²) >= 11 is 0. The number of rotatable bonds is 3. The number of carbonyl (C=O) groups is 1. The number of hydrogen-bond acceptors (Lipinski definition) is 3. The molecular weight excluding hydrogens is 243 g/mol. The monoisotopic (exact) mass is 264 g/mol. The Morgan fingerprint density at radius 2 is 2.05 bits per heavy atom. The Morgan fingerprint density at radius 1 is 1.42 bits per heavy atom. The second kappa shape index (κ2) is 5.37. The molecule has 0 radical (unpaired) electrons. The minimum atomic E-state index is -0.561. The van der Waals surface area contributed by atoms with Gasteiger partial charge in [-0.3, -0.25) is 14.7 Å². The van der Waals surface area contributed by atoms with E-state index in [4.69, 9.17) is 0 Å². The molecule has 0 saturated heterocycles. The van der Waals surface area contributed by atoms with Gasteiger partial charge in [-0.15, -0.1) is 0 Å². The predicted molar refractivity (Wildman–Crippen MR) is 72.6 cm³/mol. The zero-order valence-electron chi connectivity index (χ0n) is 11.8. The molecule has 19 heavy (non-hydrogen) atoms. The third-order valence-electron chi connectivity index (χ3n) is 4.40. The fourth-order valence-corrected chi connectivity index (χ4v) is 2.93. The van der Waals surface area contributed by atoms with E-state index in [0.717, 1.165) is 31.9 Å². The van der Waals surface area contributed by atoms with Crippen molar-refractivity contribution in [1.82, 2.24) is 9.88 Å². The molecule has 0 aromatic carbocycles. The van der Waals surface area contributed by atoms with Crippen LogP contribution in [0.2, 0.25) is 0 Å². The van der Waals surface area contributed by atoms with Crippen LogP contribution in [0, 0.1) is 11.7 Å². The summed E-state index contributed by atoms with van der Waals surface area (Å²) in [4.78, 5) is 18.5. The van der Waals surface area contributed by atoms with E-state index < -0.39 is 11.4 Å². The van der Waals surface area contributed by atoms with Gasteiger partial charge in [0, 0.05) is 6.20 Å². The topological polar surface area (TPSA) is 33.2 Å². The van der Waals surface area contributed by atoms with Crippen molar-refractivity contribution >= 4 is 5.78 Å². The normalized spacial score (nSPS) is 27.5. The van der Waals surface area contributed by atoms with Crippen LogP contribution in [0.4, 0.5) is 4.39 Å². The van der Waals surface area contributed by atoms with E-state index in [9.17, 15) is 9.18 Å². The molecule has 1 aliphatic rings. The highest BCUT2D eigenvalue weighted by molar-refractivity contribution is 6.03. The fourth-order valence-electron chi connectivity index (χ4n) is 2.93. The Labute approximate surface area is 113 Å². The molecule has 1 saturated carbocycles. The second-order valence-electron chi connectivity index (χ2n) is 5.79. The van der Waals surface area contributed by atoms with E-state index in [1.54, 1.807) is 0 Å². The lowest BCUT2D eigenvalue weighted by Gasteiger charge is -2.43. The van der Waals surface area contributed by atoms with E-state index in [-0.39, 0.29) is 11.3 Å². The Kier molecular flexibility index (Phi) is 3.99. The predicted octanol–water partition coefficient (Wildman–Crippen LogP) is 2.91. The molecule has 0 aliphatic heterocycles. The quantitative estimate of drug-likeness (QED) is 0.787. The van der Waals surface area contributed by atoms with E-state index in [0.29, 0.717) is 5.92 Å². The maximum atomic E-state index is 13.8. The van der Waals surface area contributed by atoms with Crippen molar-refractivity contribution in [3.8, 4) is 0 Å². The summed E-state index contributed by atoms with van der Waals surface area (Å²) in [6, 6.07) is 1.49. The Balaban J connectivity index is 2.35. The Hall–Kier alpha value is -1.29. The van der Waals surface area contributed by atoms with Gasteiger partial charge in [0.25, 0.3) is 0 Å². The standard InChI is InChI=1S/C15H21FN2O/c1-11-4-7-15(8-5-11,18(2)3)14(19)12-6-9-17-10-13(12)16/h6,9-11H,4-5,7-8H2,1-3H3. The minimum absolute atomic E-state index is 0.107. The molecule has 0 spiro atoms. The number of hydrogen-bond donors (Lipinski definition) is 0. The average molecular weight is 264 g/mol. The smallest absolute Gasteiger partial charge is 0.186 e. The molecule has 3 nitrogen and oxygen atoms in total. The van der Waals surface area contributed by atoms with Crippen LogP contribution in [0.3, 0.4) is 0 Å². The van der Waals surface area contributed by atoms with Crippen LogP contribution in [0.1, 0.15) is 43.0 Å². The number of aromatic nitrogens is 1. The first-order valence-electron chi connectivity index (χ1n) is 6.79. The molecule has 0 atom stereocenters. The van der Waals surface area contributed by atoms with Crippen molar-refractivity contribution in [1.29, 1.82) is 0 Å². The first-order valence-corrected chi connectivity index (χ1v) is 6.79. The van der Waals surface area contributed by atoms with E-state index >= 15 is 0 Å². The van der Waals surface area contributed by atoms with Crippen LogP contribution >= 0.6 is 0 Å². The molecule has 2 rings (SSSR count). The van der Waals surface area contributed by atoms with Gasteiger partial charge < -0.3 is 0 Å². The molecule has 104 valence electrons. The SMILES string of the molecule is CC1CCC(C(=O)c2ccncc2F)(N(C)C)CC1. The summed E-state index contributed by atoms with van der Waals surface area (Å²) in [7, 11) is 3.82. The molecule has 0 amide bonds. The van der Waals surface area contributed by atoms with E-state index in [1.807, 2.05) is 19.0 Å². The first kappa shape index (κ1) is 14.1. The number of likely N-dealkylation sites (N-methyl/N-ethyl adjacent to an activating group) is 1. The van der Waals surface area contributed by atoms with E-state index in [2.05, 4.69) is 11.9 Å². The maximum absolute atomic E-state index is 13.8. The molecule has 0 N–H and O–H groups in total. The van der Waals surface area contributed by atoms with Crippen molar-refractivity contribution in [3.05, 3.63) is 29.8 Å². The summed E-state index contributed by atoms with van der Waals surface area (Å²) < 4.78 is 13.8. The average Bonchev–Trinajstić information content (AvgIpc) is 2.39. The molecule has 1 aromatic rings. The van der Waals surface area contributed by atoms with E-state index in [1.165, 1.54) is 12.3 Å². The highest BCUT2D eigenvalue weighted by Crippen LogP contribution is 2.37. The zero-order chi connectivity index (χ0) is 14.0. The maximum Gasteiger partial charge on any atom is 0.186 e. The Bertz CT molecular complexity index is 465. The number of pyridine rings is 1. The van der Waals surface area contributed by atoms with Gasteiger partial charge in [0.1, 0.15) is 0 Å². The van der Waals surface area contributed by atoms with Gasteiger partial charge >= 0.3 is 0 Å². The van der Waals surface area contributed by atoms with Crippen LogP contribution in [-0.4, -0.2) is 35.3 Å². The van der Waals surface area contributed by atoms with Gasteiger partial charge in [-0.1, -0.05) is 6.92 Å². The third kappa shape index (κ3) is 2.54. The molecule has 1 aliphatic carbocycles. The van der Waals surface area contributed by atoms with Crippen molar-refractivity contribution < 1.29 is 9.18 Å². The van der Waals surface area contributed by atoms with Crippen LogP contribution in [-0.2, 0) is 0 Å². The van der Waals surface area contributed by atoms with Gasteiger partial charge in [-0.2, -0.15) is 0 Å². The summed E-state index contributed by atoms with van der Waals surface area (Å²) in [6.45, 7) is 2.21. The molecule has 0 bridgehead atoms. The fraction of sp³-hybridized carbons (Fsp3) is 0.600. The van der Waals surface area contributed by atoms with Crippen molar-refractivity contribution in [2.75, 3.05) is 14.1 Å². The summed E-state index contributed by atoms with van der Waals surface area (Å²) in [5.74, 6) is 0.0137. The lowest BCUT2D eigenvalue weighted by atomic mass is 9.72. The Morgan fingerprint density at radius 3 is 2.58 bits per heavy atom.